The van der Waals surface area contributed by atoms with E-state index < -0.39 is 0 Å². The van der Waals surface area contributed by atoms with Crippen molar-refractivity contribution >= 4 is 0 Å². The van der Waals surface area contributed by atoms with Gasteiger partial charge in [-0.3, -0.25) is 0 Å². The number of hydrogen-bond acceptors (Lipinski definition) is 4. The second-order valence-corrected chi connectivity index (χ2v) is 3.56. The molecule has 0 radical (unpaired) electrons. The molecule has 0 amide bonds. The lowest BCUT2D eigenvalue weighted by molar-refractivity contribution is 0.174. The van der Waals surface area contributed by atoms with Gasteiger partial charge < -0.3 is 19.9 Å². The molecule has 2 rings (SSSR count). The van der Waals surface area contributed by atoms with E-state index in [9.17, 15) is 0 Å². The molecule has 2 N–H and O–H groups in total. The SMILES string of the molecule is CNC(CO)Cc1ccc2c(c1)OCO2. The second-order valence-electron chi connectivity index (χ2n) is 3.56. The molecular formula is C11H15NO3. The summed E-state index contributed by atoms with van der Waals surface area (Å²) in [6, 6.07) is 5.95. The van der Waals surface area contributed by atoms with E-state index >= 15 is 0 Å². The highest BCUT2D eigenvalue weighted by molar-refractivity contribution is 5.44. The highest BCUT2D eigenvalue weighted by atomic mass is 16.7. The van der Waals surface area contributed by atoms with E-state index in [1.54, 1.807) is 0 Å². The third-order valence-electron chi connectivity index (χ3n) is 2.55. The van der Waals surface area contributed by atoms with Crippen molar-refractivity contribution in [3.05, 3.63) is 23.8 Å². The minimum absolute atomic E-state index is 0.0883. The van der Waals surface area contributed by atoms with Crippen LogP contribution in [0.2, 0.25) is 0 Å². The smallest absolute Gasteiger partial charge is 0.231 e. The van der Waals surface area contributed by atoms with Crippen molar-refractivity contribution in [3.63, 3.8) is 0 Å². The fourth-order valence-corrected chi connectivity index (χ4v) is 1.61. The molecule has 0 bridgehead atoms. The number of likely N-dealkylation sites (N-methyl/N-ethyl adjacent to an activating group) is 1. The van der Waals surface area contributed by atoms with Gasteiger partial charge in [0.05, 0.1) is 6.61 Å². The summed E-state index contributed by atoms with van der Waals surface area (Å²) in [4.78, 5) is 0. The lowest BCUT2D eigenvalue weighted by atomic mass is 10.1. The van der Waals surface area contributed by atoms with Gasteiger partial charge in [-0.25, -0.2) is 0 Å². The Morgan fingerprint density at radius 3 is 2.93 bits per heavy atom. The van der Waals surface area contributed by atoms with E-state index in [1.165, 1.54) is 0 Å². The zero-order valence-corrected chi connectivity index (χ0v) is 8.69. The van der Waals surface area contributed by atoms with Crippen LogP contribution >= 0.6 is 0 Å². The Labute approximate surface area is 88.8 Å². The Morgan fingerprint density at radius 2 is 2.20 bits per heavy atom. The summed E-state index contributed by atoms with van der Waals surface area (Å²) in [5.74, 6) is 1.59. The molecule has 0 fully saturated rings. The quantitative estimate of drug-likeness (QED) is 0.760. The number of nitrogens with one attached hydrogen (secondary N) is 1. The van der Waals surface area contributed by atoms with Crippen LogP contribution in [0.4, 0.5) is 0 Å². The zero-order valence-electron chi connectivity index (χ0n) is 8.69. The average Bonchev–Trinajstić information content (AvgIpc) is 2.73. The molecule has 0 aromatic heterocycles. The van der Waals surface area contributed by atoms with Gasteiger partial charge in [-0.15, -0.1) is 0 Å². The molecule has 0 saturated heterocycles. The van der Waals surface area contributed by atoms with Crippen LogP contribution in [0, 0.1) is 0 Å². The third kappa shape index (κ3) is 2.22. The maximum absolute atomic E-state index is 9.06. The predicted molar refractivity (Wildman–Crippen MR) is 56.2 cm³/mol. The fraction of sp³-hybridized carbons (Fsp3) is 0.455. The van der Waals surface area contributed by atoms with Crippen LogP contribution in [-0.4, -0.2) is 31.6 Å². The van der Waals surface area contributed by atoms with E-state index in [4.69, 9.17) is 14.6 Å². The van der Waals surface area contributed by atoms with Gasteiger partial charge in [0, 0.05) is 6.04 Å². The number of rotatable bonds is 4. The summed E-state index contributed by atoms with van der Waals surface area (Å²) >= 11 is 0. The summed E-state index contributed by atoms with van der Waals surface area (Å²) in [6.07, 6.45) is 0.781. The lowest BCUT2D eigenvalue weighted by Gasteiger charge is -2.12. The molecule has 1 atom stereocenters. The summed E-state index contributed by atoms with van der Waals surface area (Å²) in [5.41, 5.74) is 1.13. The van der Waals surface area contributed by atoms with Gasteiger partial charge in [0.15, 0.2) is 11.5 Å². The van der Waals surface area contributed by atoms with E-state index in [0.717, 1.165) is 23.5 Å². The molecule has 1 unspecified atom stereocenters. The maximum Gasteiger partial charge on any atom is 0.231 e. The van der Waals surface area contributed by atoms with Gasteiger partial charge in [-0.1, -0.05) is 6.07 Å². The topological polar surface area (TPSA) is 50.7 Å². The number of aliphatic hydroxyl groups is 1. The Morgan fingerprint density at radius 1 is 1.40 bits per heavy atom. The summed E-state index contributed by atoms with van der Waals surface area (Å²) in [7, 11) is 1.84. The molecule has 0 aliphatic carbocycles. The predicted octanol–water partition coefficient (Wildman–Crippen LogP) is 0.538. The molecule has 0 spiro atoms. The molecule has 4 nitrogen and oxygen atoms in total. The van der Waals surface area contributed by atoms with Crippen molar-refractivity contribution < 1.29 is 14.6 Å². The van der Waals surface area contributed by atoms with Crippen molar-refractivity contribution in [1.82, 2.24) is 5.32 Å². The Bertz CT molecular complexity index is 337. The molecule has 15 heavy (non-hydrogen) atoms. The zero-order chi connectivity index (χ0) is 10.7. The number of hydrogen-bond donors (Lipinski definition) is 2. The van der Waals surface area contributed by atoms with Crippen molar-refractivity contribution in [1.29, 1.82) is 0 Å². The van der Waals surface area contributed by atoms with Crippen LogP contribution < -0.4 is 14.8 Å². The molecule has 1 heterocycles. The molecule has 1 aliphatic rings. The van der Waals surface area contributed by atoms with E-state index in [0.29, 0.717) is 6.79 Å². The lowest BCUT2D eigenvalue weighted by Crippen LogP contribution is -2.31. The van der Waals surface area contributed by atoms with Gasteiger partial charge >= 0.3 is 0 Å². The van der Waals surface area contributed by atoms with E-state index in [-0.39, 0.29) is 12.6 Å². The van der Waals surface area contributed by atoms with Crippen LogP contribution in [-0.2, 0) is 6.42 Å². The van der Waals surface area contributed by atoms with Crippen molar-refractivity contribution in [2.24, 2.45) is 0 Å². The molecule has 0 saturated carbocycles. The number of ether oxygens (including phenoxy) is 2. The highest BCUT2D eigenvalue weighted by Gasteiger charge is 2.14. The van der Waals surface area contributed by atoms with Crippen molar-refractivity contribution in [3.8, 4) is 11.5 Å². The highest BCUT2D eigenvalue weighted by Crippen LogP contribution is 2.32. The van der Waals surface area contributed by atoms with E-state index in [2.05, 4.69) is 5.32 Å². The molecular weight excluding hydrogens is 194 g/mol. The molecule has 82 valence electrons. The number of aliphatic hydroxyl groups excluding tert-OH is 1. The Kier molecular flexibility index (Phi) is 3.08. The van der Waals surface area contributed by atoms with Crippen molar-refractivity contribution in [2.45, 2.75) is 12.5 Å². The second kappa shape index (κ2) is 4.51. The molecule has 1 aromatic rings. The van der Waals surface area contributed by atoms with Crippen LogP contribution in [0.3, 0.4) is 0 Å². The van der Waals surface area contributed by atoms with Gasteiger partial charge in [-0.05, 0) is 31.2 Å². The number of fused-ring (bicyclic) bond motifs is 1. The normalized spacial score (nSPS) is 15.3. The van der Waals surface area contributed by atoms with Gasteiger partial charge in [0.2, 0.25) is 6.79 Å². The van der Waals surface area contributed by atoms with Gasteiger partial charge in [0.1, 0.15) is 0 Å². The van der Waals surface area contributed by atoms with Crippen LogP contribution in [0.1, 0.15) is 5.56 Å². The van der Waals surface area contributed by atoms with Crippen LogP contribution in [0.25, 0.3) is 0 Å². The van der Waals surface area contributed by atoms with E-state index in [1.807, 2.05) is 25.2 Å². The molecule has 4 heteroatoms. The summed E-state index contributed by atoms with van der Waals surface area (Å²) < 4.78 is 10.5. The Hall–Kier alpha value is -1.26. The number of benzene rings is 1. The minimum atomic E-state index is 0.0883. The largest absolute Gasteiger partial charge is 0.454 e. The average molecular weight is 209 g/mol. The van der Waals surface area contributed by atoms with Crippen LogP contribution in [0.5, 0.6) is 11.5 Å². The Balaban J connectivity index is 2.09. The fourth-order valence-electron chi connectivity index (χ4n) is 1.61. The first kappa shape index (κ1) is 10.3. The first-order chi connectivity index (χ1) is 7.33. The van der Waals surface area contributed by atoms with Crippen molar-refractivity contribution in [2.75, 3.05) is 20.4 Å². The monoisotopic (exact) mass is 209 g/mol. The standard InChI is InChI=1S/C11H15NO3/c1-12-9(6-13)4-8-2-3-10-11(5-8)15-7-14-10/h2-3,5,9,12-13H,4,6-7H2,1H3. The van der Waals surface area contributed by atoms with Gasteiger partial charge in [-0.2, -0.15) is 0 Å². The first-order valence-electron chi connectivity index (χ1n) is 5.00. The van der Waals surface area contributed by atoms with Crippen LogP contribution in [0.15, 0.2) is 18.2 Å². The third-order valence-corrected chi connectivity index (χ3v) is 2.55. The summed E-state index contributed by atoms with van der Waals surface area (Å²) in [5, 5.41) is 12.1. The minimum Gasteiger partial charge on any atom is -0.454 e. The molecule has 1 aromatic carbocycles. The first-order valence-corrected chi connectivity index (χ1v) is 5.00. The maximum atomic E-state index is 9.06. The summed E-state index contributed by atoms with van der Waals surface area (Å²) in [6.45, 7) is 0.430. The molecule has 1 aliphatic heterocycles. The van der Waals surface area contributed by atoms with Gasteiger partial charge in [0.25, 0.3) is 0 Å².